The van der Waals surface area contributed by atoms with Crippen LogP contribution in [0.1, 0.15) is 52.0 Å². The van der Waals surface area contributed by atoms with E-state index in [9.17, 15) is 19.2 Å². The topological polar surface area (TPSA) is 108 Å². The number of amides is 4. The molecule has 0 radical (unpaired) electrons. The van der Waals surface area contributed by atoms with Crippen molar-refractivity contribution in [3.8, 4) is 0 Å². The van der Waals surface area contributed by atoms with E-state index in [2.05, 4.69) is 16.0 Å². The van der Waals surface area contributed by atoms with Gasteiger partial charge in [-0.05, 0) is 61.9 Å². The van der Waals surface area contributed by atoms with Crippen molar-refractivity contribution in [1.82, 2.24) is 20.9 Å². The summed E-state index contributed by atoms with van der Waals surface area (Å²) in [6.45, 7) is 2.80. The van der Waals surface area contributed by atoms with Gasteiger partial charge in [0.1, 0.15) is 6.04 Å². The summed E-state index contributed by atoms with van der Waals surface area (Å²) >= 11 is 0. The van der Waals surface area contributed by atoms with Gasteiger partial charge in [0.05, 0.1) is 11.1 Å². The maximum Gasteiger partial charge on any atom is 0.262 e. The molecule has 4 unspecified atom stereocenters. The third-order valence-corrected chi connectivity index (χ3v) is 6.83. The number of imide groups is 2. The summed E-state index contributed by atoms with van der Waals surface area (Å²) in [5, 5.41) is 9.30. The van der Waals surface area contributed by atoms with Gasteiger partial charge in [0.15, 0.2) is 0 Å². The van der Waals surface area contributed by atoms with Gasteiger partial charge in [-0.3, -0.25) is 29.4 Å². The largest absolute Gasteiger partial charge is 0.316 e. The van der Waals surface area contributed by atoms with Gasteiger partial charge in [-0.25, -0.2) is 0 Å². The fourth-order valence-electron chi connectivity index (χ4n) is 5.28. The van der Waals surface area contributed by atoms with Crippen LogP contribution in [0.25, 0.3) is 0 Å². The third-order valence-electron chi connectivity index (χ3n) is 6.83. The summed E-state index contributed by atoms with van der Waals surface area (Å²) in [6, 6.07) is 4.85. The molecule has 4 amide bonds. The molecule has 4 aliphatic rings. The number of hydrogen-bond donors (Lipinski definition) is 3. The summed E-state index contributed by atoms with van der Waals surface area (Å²) in [6.07, 6.45) is 2.70. The molecule has 152 valence electrons. The number of hydrogen-bond acceptors (Lipinski definition) is 6. The summed E-state index contributed by atoms with van der Waals surface area (Å²) in [4.78, 5) is 50.2. The molecule has 29 heavy (non-hydrogen) atoms. The second kappa shape index (κ2) is 7.03. The van der Waals surface area contributed by atoms with E-state index in [1.54, 1.807) is 12.1 Å². The zero-order valence-corrected chi connectivity index (χ0v) is 16.1. The van der Waals surface area contributed by atoms with Crippen molar-refractivity contribution >= 4 is 23.6 Å². The normalized spacial score (nSPS) is 31.2. The molecule has 4 atom stereocenters. The van der Waals surface area contributed by atoms with Crippen LogP contribution in [-0.2, 0) is 16.1 Å². The number of fused-ring (bicyclic) bond motifs is 2. The number of carbonyl (C=O) groups excluding carboxylic acids is 4. The van der Waals surface area contributed by atoms with Crippen molar-refractivity contribution in [2.45, 2.75) is 44.3 Å². The molecular weight excluding hydrogens is 372 g/mol. The summed E-state index contributed by atoms with van der Waals surface area (Å²) in [5.41, 5.74) is 1.61. The van der Waals surface area contributed by atoms with E-state index in [-0.39, 0.29) is 18.7 Å². The Balaban J connectivity index is 1.30. The highest BCUT2D eigenvalue weighted by Crippen LogP contribution is 2.35. The number of nitrogens with zero attached hydrogens (tertiary/aromatic N) is 1. The molecule has 0 bridgehead atoms. The minimum Gasteiger partial charge on any atom is -0.316 e. The fourth-order valence-corrected chi connectivity index (χ4v) is 5.28. The van der Waals surface area contributed by atoms with Crippen LogP contribution in [0.2, 0.25) is 0 Å². The van der Waals surface area contributed by atoms with E-state index in [0.29, 0.717) is 29.6 Å². The van der Waals surface area contributed by atoms with Crippen LogP contribution in [-0.4, -0.2) is 53.7 Å². The Labute approximate surface area is 168 Å². The number of rotatable bonds is 4. The molecule has 1 aromatic carbocycles. The second-order valence-corrected chi connectivity index (χ2v) is 8.47. The fraction of sp³-hybridized carbons (Fsp3) is 0.524. The van der Waals surface area contributed by atoms with Gasteiger partial charge in [0, 0.05) is 19.0 Å². The lowest BCUT2D eigenvalue weighted by molar-refractivity contribution is -0.136. The van der Waals surface area contributed by atoms with Crippen LogP contribution in [0, 0.1) is 11.8 Å². The molecule has 8 heteroatoms. The van der Waals surface area contributed by atoms with Crippen LogP contribution in [0.15, 0.2) is 18.2 Å². The van der Waals surface area contributed by atoms with Gasteiger partial charge in [-0.15, -0.1) is 0 Å². The van der Waals surface area contributed by atoms with Gasteiger partial charge < -0.3 is 10.6 Å². The molecule has 0 aromatic heterocycles. The number of piperidine rings is 1. The first-order valence-electron chi connectivity index (χ1n) is 10.3. The van der Waals surface area contributed by atoms with Crippen molar-refractivity contribution in [3.05, 3.63) is 34.9 Å². The zero-order valence-electron chi connectivity index (χ0n) is 16.1. The zero-order chi connectivity index (χ0) is 20.1. The van der Waals surface area contributed by atoms with Crippen molar-refractivity contribution in [3.63, 3.8) is 0 Å². The number of carbonyl (C=O) groups is 4. The Morgan fingerprint density at radius 2 is 1.83 bits per heavy atom. The van der Waals surface area contributed by atoms with E-state index in [4.69, 9.17) is 0 Å². The Kier molecular flexibility index (Phi) is 4.48. The lowest BCUT2D eigenvalue weighted by Crippen LogP contribution is -2.54. The van der Waals surface area contributed by atoms with Crippen molar-refractivity contribution in [2.75, 3.05) is 13.1 Å². The first kappa shape index (κ1) is 18.4. The molecule has 5 rings (SSSR count). The lowest BCUT2D eigenvalue weighted by Gasteiger charge is -2.27. The lowest BCUT2D eigenvalue weighted by atomic mass is 9.97. The molecule has 1 aliphatic carbocycles. The van der Waals surface area contributed by atoms with E-state index >= 15 is 0 Å². The van der Waals surface area contributed by atoms with Gasteiger partial charge in [0.25, 0.3) is 11.8 Å². The van der Waals surface area contributed by atoms with E-state index in [1.165, 1.54) is 12.8 Å². The van der Waals surface area contributed by atoms with E-state index < -0.39 is 23.8 Å². The molecule has 8 nitrogen and oxygen atoms in total. The Morgan fingerprint density at radius 1 is 1.00 bits per heavy atom. The first-order chi connectivity index (χ1) is 14.0. The molecule has 1 saturated carbocycles. The molecule has 3 fully saturated rings. The van der Waals surface area contributed by atoms with Crippen LogP contribution in [0.3, 0.4) is 0 Å². The highest BCUT2D eigenvalue weighted by atomic mass is 16.2. The standard InChI is InChI=1S/C21H24N4O4/c26-18-6-5-17(19(27)24-18)25-20(28)13-3-1-11(7-14(13)21(25)29)8-23-16-4-2-12-9-22-10-15(12)16/h1,3,7,12,15-17,22-23H,2,4-6,8-10H2,(H,24,26,27). The first-order valence-corrected chi connectivity index (χ1v) is 10.3. The predicted octanol–water partition coefficient (Wildman–Crippen LogP) is 0.175. The molecule has 3 N–H and O–H groups in total. The maximum atomic E-state index is 12.9. The highest BCUT2D eigenvalue weighted by Gasteiger charge is 2.44. The average Bonchev–Trinajstić information content (AvgIpc) is 3.37. The monoisotopic (exact) mass is 396 g/mol. The van der Waals surface area contributed by atoms with Crippen molar-refractivity contribution in [2.24, 2.45) is 11.8 Å². The minimum absolute atomic E-state index is 0.122. The van der Waals surface area contributed by atoms with Crippen LogP contribution < -0.4 is 16.0 Å². The SMILES string of the molecule is O=C1CCC(N2C(=O)c3ccc(CNC4CCC5CNCC54)cc3C2=O)C(=O)N1. The average molecular weight is 396 g/mol. The Bertz CT molecular complexity index is 914. The summed E-state index contributed by atoms with van der Waals surface area (Å²) < 4.78 is 0. The van der Waals surface area contributed by atoms with Crippen LogP contribution in [0.4, 0.5) is 0 Å². The third kappa shape index (κ3) is 3.07. The summed E-state index contributed by atoms with van der Waals surface area (Å²) in [7, 11) is 0. The number of benzene rings is 1. The number of nitrogens with one attached hydrogen (secondary N) is 3. The quantitative estimate of drug-likeness (QED) is 0.627. The van der Waals surface area contributed by atoms with E-state index in [1.807, 2.05) is 6.07 Å². The molecule has 0 spiro atoms. The predicted molar refractivity (Wildman–Crippen MR) is 103 cm³/mol. The smallest absolute Gasteiger partial charge is 0.262 e. The van der Waals surface area contributed by atoms with Gasteiger partial charge >= 0.3 is 0 Å². The molecule has 1 aromatic rings. The van der Waals surface area contributed by atoms with E-state index in [0.717, 1.165) is 29.5 Å². The Morgan fingerprint density at radius 3 is 2.66 bits per heavy atom. The van der Waals surface area contributed by atoms with Gasteiger partial charge in [0.2, 0.25) is 11.8 Å². The van der Waals surface area contributed by atoms with Crippen LogP contribution >= 0.6 is 0 Å². The molecule has 2 saturated heterocycles. The van der Waals surface area contributed by atoms with Gasteiger partial charge in [-0.1, -0.05) is 6.07 Å². The summed E-state index contributed by atoms with van der Waals surface area (Å²) in [5.74, 6) is -0.456. The van der Waals surface area contributed by atoms with Crippen LogP contribution in [0.5, 0.6) is 0 Å². The van der Waals surface area contributed by atoms with Crippen molar-refractivity contribution < 1.29 is 19.2 Å². The second-order valence-electron chi connectivity index (χ2n) is 8.47. The minimum atomic E-state index is -0.924. The molecule has 3 aliphatic heterocycles. The molecular formula is C21H24N4O4. The van der Waals surface area contributed by atoms with Gasteiger partial charge in [-0.2, -0.15) is 0 Å². The maximum absolute atomic E-state index is 12.9. The Hall–Kier alpha value is -2.58. The highest BCUT2D eigenvalue weighted by molar-refractivity contribution is 6.23. The van der Waals surface area contributed by atoms with Crippen molar-refractivity contribution in [1.29, 1.82) is 0 Å². The molecule has 3 heterocycles.